The van der Waals surface area contributed by atoms with E-state index in [1.807, 2.05) is 6.92 Å². The average molecular weight is 242 g/mol. The Morgan fingerprint density at radius 2 is 2.31 bits per heavy atom. The molecule has 5 heteroatoms. The van der Waals surface area contributed by atoms with E-state index in [1.54, 1.807) is 13.2 Å². The van der Waals surface area contributed by atoms with Gasteiger partial charge in [0.15, 0.2) is 0 Å². The van der Waals surface area contributed by atoms with Crippen molar-refractivity contribution < 1.29 is 4.74 Å². The van der Waals surface area contributed by atoms with E-state index in [0.29, 0.717) is 17.6 Å². The molecule has 1 heterocycles. The van der Waals surface area contributed by atoms with Gasteiger partial charge in [-0.1, -0.05) is 11.6 Å². The molecule has 1 aliphatic rings. The van der Waals surface area contributed by atoms with E-state index in [2.05, 4.69) is 15.3 Å². The van der Waals surface area contributed by atoms with E-state index < -0.39 is 0 Å². The normalized spacial score (nSPS) is 17.2. The van der Waals surface area contributed by atoms with Crippen molar-refractivity contribution in [2.75, 3.05) is 19.0 Å². The van der Waals surface area contributed by atoms with Crippen molar-refractivity contribution in [1.82, 2.24) is 9.97 Å². The molecule has 1 unspecified atom stereocenters. The van der Waals surface area contributed by atoms with Crippen LogP contribution in [0.25, 0.3) is 0 Å². The second-order valence-corrected chi connectivity index (χ2v) is 4.52. The molecule has 0 radical (unpaired) electrons. The molecule has 88 valence electrons. The number of ether oxygens (including phenoxy) is 1. The third-order valence-electron chi connectivity index (χ3n) is 2.63. The topological polar surface area (TPSA) is 47.0 Å². The number of methoxy groups -OCH3 is 1. The summed E-state index contributed by atoms with van der Waals surface area (Å²) in [5.41, 5.74) is 0. The van der Waals surface area contributed by atoms with Crippen molar-refractivity contribution in [2.45, 2.75) is 31.8 Å². The minimum Gasteiger partial charge on any atom is -0.380 e. The second kappa shape index (κ2) is 4.97. The van der Waals surface area contributed by atoms with Gasteiger partial charge in [-0.05, 0) is 19.8 Å². The van der Waals surface area contributed by atoms with Gasteiger partial charge in [-0.15, -0.1) is 0 Å². The molecule has 0 aromatic carbocycles. The molecule has 4 nitrogen and oxygen atoms in total. The summed E-state index contributed by atoms with van der Waals surface area (Å²) in [6.45, 7) is 2.71. The van der Waals surface area contributed by atoms with Crippen molar-refractivity contribution in [2.24, 2.45) is 0 Å². The molecule has 1 aromatic rings. The summed E-state index contributed by atoms with van der Waals surface area (Å²) < 4.78 is 5.15. The number of halogens is 1. The first-order valence-corrected chi connectivity index (χ1v) is 5.88. The Balaban J connectivity index is 2.02. The Morgan fingerprint density at radius 1 is 1.56 bits per heavy atom. The van der Waals surface area contributed by atoms with Gasteiger partial charge in [0.25, 0.3) is 0 Å². The van der Waals surface area contributed by atoms with Crippen LogP contribution in [0, 0.1) is 0 Å². The summed E-state index contributed by atoms with van der Waals surface area (Å²) in [5, 5.41) is 3.70. The van der Waals surface area contributed by atoms with Gasteiger partial charge in [-0.3, -0.25) is 0 Å². The largest absolute Gasteiger partial charge is 0.380 e. The van der Waals surface area contributed by atoms with Crippen LogP contribution < -0.4 is 5.32 Å². The summed E-state index contributed by atoms with van der Waals surface area (Å²) in [4.78, 5) is 8.67. The van der Waals surface area contributed by atoms with Crippen LogP contribution in [0.1, 0.15) is 31.5 Å². The number of rotatable bonds is 5. The van der Waals surface area contributed by atoms with Crippen molar-refractivity contribution in [1.29, 1.82) is 0 Å². The van der Waals surface area contributed by atoms with E-state index in [4.69, 9.17) is 16.3 Å². The van der Waals surface area contributed by atoms with Crippen LogP contribution in [0.4, 0.5) is 5.82 Å². The Bertz CT molecular complexity index is 368. The van der Waals surface area contributed by atoms with Crippen LogP contribution in [0.15, 0.2) is 6.07 Å². The lowest BCUT2D eigenvalue weighted by atomic mass is 10.3. The average Bonchev–Trinajstić information content (AvgIpc) is 3.09. The molecule has 0 bridgehead atoms. The van der Waals surface area contributed by atoms with Crippen molar-refractivity contribution in [3.63, 3.8) is 0 Å². The van der Waals surface area contributed by atoms with Crippen LogP contribution in [0.3, 0.4) is 0 Å². The van der Waals surface area contributed by atoms with Gasteiger partial charge in [0, 0.05) is 25.6 Å². The monoisotopic (exact) mass is 241 g/mol. The fourth-order valence-corrected chi connectivity index (χ4v) is 1.57. The lowest BCUT2D eigenvalue weighted by Gasteiger charge is -2.11. The summed E-state index contributed by atoms with van der Waals surface area (Å²) in [7, 11) is 1.69. The Labute approximate surface area is 100 Å². The third-order valence-corrected chi connectivity index (χ3v) is 2.82. The standard InChI is InChI=1S/C11H16ClN3O/c1-7(16-2)6-13-10-5-9(12)14-11(15-10)8-3-4-8/h5,7-8H,3-4,6H2,1-2H3,(H,13,14,15). The summed E-state index contributed by atoms with van der Waals surface area (Å²) in [6.07, 6.45) is 2.50. The van der Waals surface area contributed by atoms with Crippen LogP contribution in [-0.2, 0) is 4.74 Å². The highest BCUT2D eigenvalue weighted by Crippen LogP contribution is 2.38. The summed E-state index contributed by atoms with van der Waals surface area (Å²) >= 11 is 5.95. The summed E-state index contributed by atoms with van der Waals surface area (Å²) in [5.74, 6) is 2.16. The molecule has 1 saturated carbocycles. The number of anilines is 1. The maximum absolute atomic E-state index is 5.95. The van der Waals surface area contributed by atoms with Gasteiger partial charge >= 0.3 is 0 Å². The van der Waals surface area contributed by atoms with Crippen molar-refractivity contribution >= 4 is 17.4 Å². The molecule has 1 fully saturated rings. The number of hydrogen-bond donors (Lipinski definition) is 1. The zero-order valence-electron chi connectivity index (χ0n) is 9.53. The zero-order chi connectivity index (χ0) is 11.5. The predicted molar refractivity (Wildman–Crippen MR) is 64.0 cm³/mol. The molecule has 0 spiro atoms. The summed E-state index contributed by atoms with van der Waals surface area (Å²) in [6, 6.07) is 1.75. The Morgan fingerprint density at radius 3 is 2.94 bits per heavy atom. The third kappa shape index (κ3) is 3.06. The lowest BCUT2D eigenvalue weighted by molar-refractivity contribution is 0.128. The van der Waals surface area contributed by atoms with E-state index in [-0.39, 0.29) is 6.10 Å². The molecular weight excluding hydrogens is 226 g/mol. The van der Waals surface area contributed by atoms with Gasteiger partial charge in [0.1, 0.15) is 16.8 Å². The first-order valence-electron chi connectivity index (χ1n) is 5.50. The van der Waals surface area contributed by atoms with Crippen molar-refractivity contribution in [3.8, 4) is 0 Å². The highest BCUT2D eigenvalue weighted by molar-refractivity contribution is 6.29. The number of nitrogens with one attached hydrogen (secondary N) is 1. The van der Waals surface area contributed by atoms with Crippen LogP contribution in [-0.4, -0.2) is 29.7 Å². The first-order chi connectivity index (χ1) is 7.69. The second-order valence-electron chi connectivity index (χ2n) is 4.14. The smallest absolute Gasteiger partial charge is 0.135 e. The van der Waals surface area contributed by atoms with Gasteiger partial charge in [-0.2, -0.15) is 0 Å². The Hall–Kier alpha value is -0.870. The van der Waals surface area contributed by atoms with E-state index >= 15 is 0 Å². The molecule has 0 amide bonds. The maximum Gasteiger partial charge on any atom is 0.135 e. The number of nitrogens with zero attached hydrogens (tertiary/aromatic N) is 2. The first kappa shape index (κ1) is 11.6. The van der Waals surface area contributed by atoms with Gasteiger partial charge in [-0.25, -0.2) is 9.97 Å². The highest BCUT2D eigenvalue weighted by atomic mass is 35.5. The highest BCUT2D eigenvalue weighted by Gasteiger charge is 2.27. The molecule has 16 heavy (non-hydrogen) atoms. The van der Waals surface area contributed by atoms with Crippen LogP contribution in [0.5, 0.6) is 0 Å². The van der Waals surface area contributed by atoms with Crippen LogP contribution >= 0.6 is 11.6 Å². The molecule has 1 N–H and O–H groups in total. The molecule has 2 rings (SSSR count). The van der Waals surface area contributed by atoms with E-state index in [1.165, 1.54) is 12.8 Å². The number of hydrogen-bond acceptors (Lipinski definition) is 4. The van der Waals surface area contributed by atoms with Crippen molar-refractivity contribution in [3.05, 3.63) is 17.0 Å². The lowest BCUT2D eigenvalue weighted by Crippen LogP contribution is -2.19. The zero-order valence-corrected chi connectivity index (χ0v) is 10.3. The SMILES string of the molecule is COC(C)CNc1cc(Cl)nc(C2CC2)n1. The molecular formula is C11H16ClN3O. The van der Waals surface area contributed by atoms with Gasteiger partial charge < -0.3 is 10.1 Å². The quantitative estimate of drug-likeness (QED) is 0.805. The maximum atomic E-state index is 5.95. The fourth-order valence-electron chi connectivity index (χ4n) is 1.38. The minimum atomic E-state index is 0.151. The predicted octanol–water partition coefficient (Wildman–Crippen LogP) is 2.45. The molecule has 1 atom stereocenters. The molecule has 1 aliphatic carbocycles. The van der Waals surface area contributed by atoms with Gasteiger partial charge in [0.2, 0.25) is 0 Å². The minimum absolute atomic E-state index is 0.151. The molecule has 0 saturated heterocycles. The van der Waals surface area contributed by atoms with E-state index in [0.717, 1.165) is 11.6 Å². The Kier molecular flexibility index (Phi) is 3.61. The molecule has 0 aliphatic heterocycles. The van der Waals surface area contributed by atoms with Gasteiger partial charge in [0.05, 0.1) is 6.10 Å². The fraction of sp³-hybridized carbons (Fsp3) is 0.636. The van der Waals surface area contributed by atoms with E-state index in [9.17, 15) is 0 Å². The number of aromatic nitrogens is 2. The van der Waals surface area contributed by atoms with Crippen LogP contribution in [0.2, 0.25) is 5.15 Å². The molecule has 1 aromatic heterocycles.